The Balaban J connectivity index is 0.000000157. The van der Waals surface area contributed by atoms with Crippen LogP contribution in [0.4, 0.5) is 11.4 Å². The van der Waals surface area contributed by atoms with Crippen LogP contribution in [0.15, 0.2) is 376 Å². The third-order valence-electron chi connectivity index (χ3n) is 22.2. The van der Waals surface area contributed by atoms with Crippen LogP contribution < -0.4 is 0 Å². The van der Waals surface area contributed by atoms with Gasteiger partial charge in [-0.05, 0) is 201 Å². The van der Waals surface area contributed by atoms with Crippen molar-refractivity contribution in [1.82, 2.24) is 19.9 Å². The summed E-state index contributed by atoms with van der Waals surface area (Å²) in [6.07, 6.45) is 0. The van der Waals surface area contributed by atoms with E-state index < -0.39 is 0 Å². The second-order valence-electron chi connectivity index (χ2n) is 29.9. The molecule has 2 aliphatic rings. The van der Waals surface area contributed by atoms with Gasteiger partial charge in [-0.2, -0.15) is 0 Å². The van der Waals surface area contributed by atoms with E-state index in [1.54, 1.807) is 0 Å². The molecule has 2 aliphatic carbocycles. The van der Waals surface area contributed by atoms with Crippen LogP contribution in [0.5, 0.6) is 0 Å². The van der Waals surface area contributed by atoms with E-state index in [2.05, 4.69) is 347 Å². The van der Waals surface area contributed by atoms with Gasteiger partial charge in [0.2, 0.25) is 0 Å². The first-order chi connectivity index (χ1) is 54.8. The third kappa shape index (κ3) is 13.5. The van der Waals surface area contributed by atoms with E-state index in [1.807, 2.05) is 66.7 Å². The van der Waals surface area contributed by atoms with E-state index in [4.69, 9.17) is 33.1 Å². The maximum Gasteiger partial charge on any atom is 0.187 e. The Kier molecular flexibility index (Phi) is 18.0. The molecule has 528 valence electrons. The lowest BCUT2D eigenvalue weighted by Gasteiger charge is -2.21. The van der Waals surface area contributed by atoms with Crippen LogP contribution in [0.2, 0.25) is 0 Å². The average molecular weight is 1430 g/mol. The molecule has 0 bridgehead atoms. The van der Waals surface area contributed by atoms with E-state index in [1.165, 1.54) is 44.5 Å². The van der Waals surface area contributed by atoms with Crippen LogP contribution in [0.25, 0.3) is 178 Å². The Morgan fingerprint density at radius 3 is 0.777 bits per heavy atom. The molecule has 0 N–H and O–H groups in total. The van der Waals surface area contributed by atoms with Gasteiger partial charge < -0.3 is 0 Å². The average Bonchev–Trinajstić information content (AvgIpc) is 1.58. The van der Waals surface area contributed by atoms with Crippen LogP contribution in [0, 0.1) is 13.1 Å². The Morgan fingerprint density at radius 1 is 0.188 bits per heavy atom. The van der Waals surface area contributed by atoms with Gasteiger partial charge in [-0.25, -0.2) is 29.6 Å². The summed E-state index contributed by atoms with van der Waals surface area (Å²) < 4.78 is 0. The number of hydrogen-bond donors (Lipinski definition) is 0. The molecule has 6 heteroatoms. The molecular weight excluding hydrogens is 1360 g/mol. The van der Waals surface area contributed by atoms with Gasteiger partial charge in [-0.1, -0.05) is 325 Å². The summed E-state index contributed by atoms with van der Waals surface area (Å²) >= 11 is 0. The van der Waals surface area contributed by atoms with Crippen molar-refractivity contribution in [3.05, 3.63) is 421 Å². The van der Waals surface area contributed by atoms with Crippen LogP contribution >= 0.6 is 0 Å². The molecule has 19 rings (SSSR count). The molecule has 0 fully saturated rings. The highest BCUT2D eigenvalue weighted by atomic mass is 14.9. The molecule has 2 aromatic heterocycles. The van der Waals surface area contributed by atoms with E-state index >= 15 is 0 Å². The molecule has 0 radical (unpaired) electrons. The normalized spacial score (nSPS) is 12.4. The Bertz CT molecular complexity index is 6490. The highest BCUT2D eigenvalue weighted by Crippen LogP contribution is 2.53. The zero-order valence-corrected chi connectivity index (χ0v) is 62.5. The Labute approximate surface area is 654 Å². The lowest BCUT2D eigenvalue weighted by Crippen LogP contribution is -2.14. The predicted molar refractivity (Wildman–Crippen MR) is 462 cm³/mol. The first kappa shape index (κ1) is 69.2. The predicted octanol–water partition coefficient (Wildman–Crippen LogP) is 28.3. The number of nitrogens with zero attached hydrogens (tertiary/aromatic N) is 6. The molecule has 0 amide bonds. The molecule has 0 unspecified atom stereocenters. The number of benzene rings is 15. The molecule has 6 nitrogen and oxygen atoms in total. The fourth-order valence-electron chi connectivity index (χ4n) is 16.2. The zero-order chi connectivity index (χ0) is 75.9. The van der Waals surface area contributed by atoms with Crippen molar-refractivity contribution in [2.45, 2.75) is 38.5 Å². The van der Waals surface area contributed by atoms with Gasteiger partial charge in [0, 0.05) is 44.2 Å². The van der Waals surface area contributed by atoms with Gasteiger partial charge >= 0.3 is 0 Å². The first-order valence-electron chi connectivity index (χ1n) is 37.9. The van der Waals surface area contributed by atoms with Crippen LogP contribution in [-0.2, 0) is 10.8 Å². The lowest BCUT2D eigenvalue weighted by molar-refractivity contribution is 0.660. The van der Waals surface area contributed by atoms with Crippen molar-refractivity contribution in [1.29, 1.82) is 0 Å². The summed E-state index contributed by atoms with van der Waals surface area (Å²) in [6, 6.07) is 132. The van der Waals surface area contributed by atoms with Crippen LogP contribution in [0.1, 0.15) is 49.9 Å². The topological polar surface area (TPSA) is 60.3 Å². The van der Waals surface area contributed by atoms with Crippen molar-refractivity contribution in [2.75, 3.05) is 0 Å². The second-order valence-corrected chi connectivity index (χ2v) is 29.9. The van der Waals surface area contributed by atoms with E-state index in [9.17, 15) is 0 Å². The summed E-state index contributed by atoms with van der Waals surface area (Å²) in [5, 5.41) is 0. The zero-order valence-electron chi connectivity index (χ0n) is 62.5. The maximum atomic E-state index is 7.63. The molecule has 0 aliphatic heterocycles. The smallest absolute Gasteiger partial charge is 0.187 e. The second kappa shape index (κ2) is 29.2. The van der Waals surface area contributed by atoms with Crippen molar-refractivity contribution in [3.63, 3.8) is 0 Å². The minimum absolute atomic E-state index is 0.112. The number of fused-ring (bicyclic) bond motifs is 6. The first-order valence-corrected chi connectivity index (χ1v) is 37.9. The summed E-state index contributed by atoms with van der Waals surface area (Å²) in [4.78, 5) is 28.1. The summed E-state index contributed by atoms with van der Waals surface area (Å²) in [6.45, 7) is 24.3. The quantitative estimate of drug-likeness (QED) is 0.108. The van der Waals surface area contributed by atoms with Crippen molar-refractivity contribution in [3.8, 4) is 168 Å². The lowest BCUT2D eigenvalue weighted by atomic mass is 9.82. The van der Waals surface area contributed by atoms with E-state index in [-0.39, 0.29) is 10.8 Å². The van der Waals surface area contributed by atoms with Crippen molar-refractivity contribution >= 4 is 11.4 Å². The van der Waals surface area contributed by atoms with Gasteiger partial charge in [-0.3, -0.25) is 0 Å². The fraction of sp³-hybridized carbons (Fsp3) is 0.0566. The molecule has 0 spiro atoms. The number of rotatable bonds is 13. The Hall–Kier alpha value is -14.6. The molecule has 15 aromatic carbocycles. The van der Waals surface area contributed by atoms with Crippen molar-refractivity contribution in [2.24, 2.45) is 0 Å². The van der Waals surface area contributed by atoms with Crippen LogP contribution in [-0.4, -0.2) is 19.9 Å². The maximum absolute atomic E-state index is 7.63. The third-order valence-corrected chi connectivity index (χ3v) is 22.2. The highest BCUT2D eigenvalue weighted by Gasteiger charge is 2.37. The summed E-state index contributed by atoms with van der Waals surface area (Å²) in [5.74, 6) is 1.38. The van der Waals surface area contributed by atoms with Gasteiger partial charge in [0.05, 0.1) is 35.9 Å². The summed E-state index contributed by atoms with van der Waals surface area (Å²) in [5.41, 5.74) is 36.5. The van der Waals surface area contributed by atoms with Gasteiger partial charge in [0.15, 0.2) is 23.0 Å². The number of aromatic nitrogens is 4. The van der Waals surface area contributed by atoms with Gasteiger partial charge in [0.25, 0.3) is 0 Å². The molecular formula is C106H74N6. The molecule has 17 aromatic rings. The van der Waals surface area contributed by atoms with Crippen molar-refractivity contribution < 1.29 is 0 Å². The molecule has 0 saturated heterocycles. The monoisotopic (exact) mass is 1430 g/mol. The Morgan fingerprint density at radius 2 is 0.420 bits per heavy atom. The minimum atomic E-state index is -0.123. The fourth-order valence-corrected chi connectivity index (χ4v) is 16.2. The summed E-state index contributed by atoms with van der Waals surface area (Å²) in [7, 11) is 0. The standard InChI is InChI=1S/C56H39N3.C50H35N3/c1-56(2)51-27-25-43(34-49(51)50-35-48(57-3)26-28-52(50)56)41-22-13-21-40(29-41)42-23-14-24-44(30-42)53-36-54(59-55(58-53)39-19-11-6-12-20-39)47-32-45(37-15-7-4-8-16-37)31-46(33-47)38-17-9-5-10-18-38;1-50(2)45-26-24-40(30-43(45)44-31-42(51-3)25-27-46(44)50)38-17-10-16-37(28-38)39-18-11-19-41(29-39)48-32-47(52-49(53-48)36-14-8-5-9-15-36)35-22-20-34(21-23-35)33-12-6-4-7-13-33/h4-36H,1-2H3;4-32H,1-2H3. The molecule has 0 saturated carbocycles. The largest absolute Gasteiger partial charge is 0.238 e. The minimum Gasteiger partial charge on any atom is -0.238 e. The van der Waals surface area contributed by atoms with E-state index in [0.29, 0.717) is 23.0 Å². The molecule has 0 atom stereocenters. The molecule has 2 heterocycles. The van der Waals surface area contributed by atoms with Gasteiger partial charge in [-0.15, -0.1) is 0 Å². The number of hydrogen-bond acceptors (Lipinski definition) is 4. The highest BCUT2D eigenvalue weighted by molar-refractivity contribution is 5.91. The van der Waals surface area contributed by atoms with E-state index in [0.717, 1.165) is 134 Å². The van der Waals surface area contributed by atoms with Gasteiger partial charge in [0.1, 0.15) is 0 Å². The van der Waals surface area contributed by atoms with Crippen LogP contribution in [0.3, 0.4) is 0 Å². The molecule has 112 heavy (non-hydrogen) atoms. The SMILES string of the molecule is [C-]#[N+]c1ccc2c(c1)-c1cc(-c3cccc(-c4cccc(-c5cc(-c6cc(-c7ccccc7)cc(-c7ccccc7)c6)nc(-c6ccccc6)n5)c4)c3)ccc1C2(C)C.[C-]#[N+]c1ccc2c(c1)-c1cc(-c3cccc(-c4cccc(-c5cc(-c6ccc(-c7ccccc7)cc6)nc(-c6ccccc6)n5)c4)c3)ccc1C2(C)C.